The molecule has 0 aromatic rings. The number of aliphatic hydroxyl groups is 2. The number of carbonyl (C=O) groups is 1. The third-order valence-corrected chi connectivity index (χ3v) is 12.5. The Kier molecular flexibility index (Phi) is 51.3. The Labute approximate surface area is 382 Å². The van der Waals surface area contributed by atoms with Crippen LogP contribution in [-0.4, -0.2) is 34.9 Å². The van der Waals surface area contributed by atoms with Crippen molar-refractivity contribution in [3.05, 3.63) is 48.6 Å². The highest BCUT2D eigenvalue weighted by Gasteiger charge is 2.18. The predicted molar refractivity (Wildman–Crippen MR) is 271 cm³/mol. The number of nitrogens with one attached hydrogen (secondary N) is 1. The summed E-state index contributed by atoms with van der Waals surface area (Å²) < 4.78 is 0. The summed E-state index contributed by atoms with van der Waals surface area (Å²) >= 11 is 0. The molecule has 0 aromatic heterocycles. The molecule has 0 aliphatic heterocycles. The summed E-state index contributed by atoms with van der Waals surface area (Å²) in [6.45, 7) is 4.26. The summed E-state index contributed by atoms with van der Waals surface area (Å²) in [6.07, 6.45) is 72.9. The Morgan fingerprint density at radius 1 is 0.377 bits per heavy atom. The lowest BCUT2D eigenvalue weighted by molar-refractivity contribution is -0.123. The van der Waals surface area contributed by atoms with E-state index in [4.69, 9.17) is 0 Å². The predicted octanol–water partition coefficient (Wildman–Crippen LogP) is 17.9. The Morgan fingerprint density at radius 3 is 1.00 bits per heavy atom. The molecule has 0 fully saturated rings. The van der Waals surface area contributed by atoms with E-state index in [1.807, 2.05) is 6.08 Å². The van der Waals surface area contributed by atoms with Crippen molar-refractivity contribution < 1.29 is 15.0 Å². The summed E-state index contributed by atoms with van der Waals surface area (Å²) in [5.41, 5.74) is 0. The van der Waals surface area contributed by atoms with Crippen LogP contribution in [0.1, 0.15) is 290 Å². The van der Waals surface area contributed by atoms with Gasteiger partial charge in [-0.15, -0.1) is 0 Å². The van der Waals surface area contributed by atoms with Gasteiger partial charge in [0.05, 0.1) is 18.8 Å². The molecule has 1 amide bonds. The van der Waals surface area contributed by atoms with Gasteiger partial charge in [-0.25, -0.2) is 0 Å². The van der Waals surface area contributed by atoms with Crippen molar-refractivity contribution in [2.75, 3.05) is 6.61 Å². The van der Waals surface area contributed by atoms with Gasteiger partial charge in [-0.05, 0) is 64.2 Å². The van der Waals surface area contributed by atoms with Crippen LogP contribution in [0.2, 0.25) is 0 Å². The molecule has 0 radical (unpaired) electrons. The molecule has 0 aliphatic carbocycles. The number of hydrogen-bond acceptors (Lipinski definition) is 3. The van der Waals surface area contributed by atoms with Crippen molar-refractivity contribution in [1.29, 1.82) is 0 Å². The lowest BCUT2D eigenvalue weighted by Crippen LogP contribution is -2.45. The first-order valence-corrected chi connectivity index (χ1v) is 27.4. The van der Waals surface area contributed by atoms with E-state index in [0.717, 1.165) is 38.5 Å². The largest absolute Gasteiger partial charge is 0.394 e. The van der Waals surface area contributed by atoms with Gasteiger partial charge >= 0.3 is 0 Å². The third-order valence-electron chi connectivity index (χ3n) is 12.5. The molecule has 61 heavy (non-hydrogen) atoms. The third kappa shape index (κ3) is 49.2. The molecule has 3 N–H and O–H groups in total. The van der Waals surface area contributed by atoms with E-state index in [1.54, 1.807) is 6.08 Å². The minimum Gasteiger partial charge on any atom is -0.394 e. The maximum absolute atomic E-state index is 12.4. The number of allylic oxidation sites excluding steroid dienone is 7. The van der Waals surface area contributed by atoms with Crippen molar-refractivity contribution in [3.8, 4) is 0 Å². The van der Waals surface area contributed by atoms with Crippen molar-refractivity contribution >= 4 is 5.91 Å². The van der Waals surface area contributed by atoms with Crippen LogP contribution >= 0.6 is 0 Å². The highest BCUT2D eigenvalue weighted by atomic mass is 16.3. The van der Waals surface area contributed by atoms with E-state index in [9.17, 15) is 15.0 Å². The second-order valence-corrected chi connectivity index (χ2v) is 18.6. The Balaban J connectivity index is 3.41. The van der Waals surface area contributed by atoms with Gasteiger partial charge in [0, 0.05) is 6.42 Å². The van der Waals surface area contributed by atoms with Crippen molar-refractivity contribution in [3.63, 3.8) is 0 Å². The van der Waals surface area contributed by atoms with Gasteiger partial charge in [0.25, 0.3) is 0 Å². The van der Waals surface area contributed by atoms with Crippen LogP contribution in [-0.2, 0) is 4.79 Å². The number of rotatable bonds is 50. The molecule has 358 valence electrons. The van der Waals surface area contributed by atoms with Crippen LogP contribution in [0, 0.1) is 0 Å². The Bertz CT molecular complexity index is 970. The maximum atomic E-state index is 12.4. The fraction of sp³-hybridized carbons (Fsp3) is 0.842. The van der Waals surface area contributed by atoms with Crippen molar-refractivity contribution in [2.45, 2.75) is 302 Å². The molecule has 0 saturated carbocycles. The molecule has 0 rings (SSSR count). The van der Waals surface area contributed by atoms with Gasteiger partial charge in [-0.3, -0.25) is 4.79 Å². The number of amides is 1. The van der Waals surface area contributed by atoms with E-state index < -0.39 is 12.1 Å². The molecule has 4 nitrogen and oxygen atoms in total. The second-order valence-electron chi connectivity index (χ2n) is 18.6. The highest BCUT2D eigenvalue weighted by Crippen LogP contribution is 2.17. The van der Waals surface area contributed by atoms with E-state index in [-0.39, 0.29) is 12.5 Å². The Hall–Kier alpha value is -1.65. The summed E-state index contributed by atoms with van der Waals surface area (Å²) in [5.74, 6) is -0.0767. The van der Waals surface area contributed by atoms with Crippen LogP contribution in [0.25, 0.3) is 0 Å². The molecule has 0 spiro atoms. The SMILES string of the molecule is CCCC/C=C/CC/C=C/CC/C=C/C(O)C(CO)NC(=O)CCCCCCCCCCCCCCCCCCC/C=C\CCCCCCCCCCCCCCCCCC. The van der Waals surface area contributed by atoms with Gasteiger partial charge in [0.1, 0.15) is 0 Å². The molecular formula is C57H107NO3. The zero-order valence-electron chi connectivity index (χ0n) is 41.2. The second kappa shape index (κ2) is 52.7. The van der Waals surface area contributed by atoms with Gasteiger partial charge in [-0.1, -0.05) is 268 Å². The van der Waals surface area contributed by atoms with E-state index in [1.165, 1.54) is 231 Å². The molecular weight excluding hydrogens is 747 g/mol. The first kappa shape index (κ1) is 59.4. The van der Waals surface area contributed by atoms with Gasteiger partial charge < -0.3 is 15.5 Å². The zero-order chi connectivity index (χ0) is 44.2. The van der Waals surface area contributed by atoms with Crippen LogP contribution in [0.5, 0.6) is 0 Å². The van der Waals surface area contributed by atoms with Crippen LogP contribution in [0.15, 0.2) is 48.6 Å². The zero-order valence-corrected chi connectivity index (χ0v) is 41.2. The van der Waals surface area contributed by atoms with Crippen LogP contribution < -0.4 is 5.32 Å². The number of aliphatic hydroxyl groups excluding tert-OH is 2. The average Bonchev–Trinajstić information content (AvgIpc) is 3.26. The lowest BCUT2D eigenvalue weighted by Gasteiger charge is -2.19. The maximum Gasteiger partial charge on any atom is 0.220 e. The number of hydrogen-bond donors (Lipinski definition) is 3. The smallest absolute Gasteiger partial charge is 0.220 e. The number of carbonyl (C=O) groups excluding carboxylic acids is 1. The van der Waals surface area contributed by atoms with Gasteiger partial charge in [0.2, 0.25) is 5.91 Å². The van der Waals surface area contributed by atoms with Crippen molar-refractivity contribution in [2.24, 2.45) is 0 Å². The van der Waals surface area contributed by atoms with E-state index in [0.29, 0.717) is 6.42 Å². The Morgan fingerprint density at radius 2 is 0.656 bits per heavy atom. The molecule has 0 heterocycles. The lowest BCUT2D eigenvalue weighted by atomic mass is 10.0. The summed E-state index contributed by atoms with van der Waals surface area (Å²) in [5, 5.41) is 23.0. The minimum absolute atomic E-state index is 0.0767. The fourth-order valence-electron chi connectivity index (χ4n) is 8.31. The summed E-state index contributed by atoms with van der Waals surface area (Å²) in [4.78, 5) is 12.4. The molecule has 0 aliphatic rings. The van der Waals surface area contributed by atoms with Crippen LogP contribution in [0.3, 0.4) is 0 Å². The molecule has 2 atom stereocenters. The van der Waals surface area contributed by atoms with E-state index in [2.05, 4.69) is 55.6 Å². The van der Waals surface area contributed by atoms with E-state index >= 15 is 0 Å². The fourth-order valence-corrected chi connectivity index (χ4v) is 8.31. The first-order valence-electron chi connectivity index (χ1n) is 27.4. The standard InChI is InChI=1S/C57H107NO3/c1-3-5-7-9-11-13-15-17-18-19-20-21-22-23-24-25-26-27-28-29-30-31-32-33-34-35-36-37-38-39-40-41-43-45-47-49-51-53-57(61)58-55(54-59)56(60)52-50-48-46-44-42-16-14-12-10-8-6-4-2/h10,12,27-28,42,44,50,52,55-56,59-60H,3-9,11,13-26,29-41,43,45-49,51,53-54H2,1-2H3,(H,58,61)/b12-10+,28-27-,44-42+,52-50+. The quantitative estimate of drug-likeness (QED) is 0.0422. The highest BCUT2D eigenvalue weighted by molar-refractivity contribution is 5.76. The molecule has 0 bridgehead atoms. The van der Waals surface area contributed by atoms with Gasteiger partial charge in [0.15, 0.2) is 0 Å². The first-order chi connectivity index (χ1) is 30.2. The average molecular weight is 854 g/mol. The molecule has 0 aromatic carbocycles. The van der Waals surface area contributed by atoms with Crippen molar-refractivity contribution in [1.82, 2.24) is 5.32 Å². The molecule has 2 unspecified atom stereocenters. The number of unbranched alkanes of at least 4 members (excludes halogenated alkanes) is 37. The van der Waals surface area contributed by atoms with Gasteiger partial charge in [-0.2, -0.15) is 0 Å². The summed E-state index contributed by atoms with van der Waals surface area (Å²) in [7, 11) is 0. The van der Waals surface area contributed by atoms with Crippen LogP contribution in [0.4, 0.5) is 0 Å². The normalized spacial score (nSPS) is 13.2. The molecule has 4 heteroatoms. The monoisotopic (exact) mass is 854 g/mol. The topological polar surface area (TPSA) is 69.6 Å². The summed E-state index contributed by atoms with van der Waals surface area (Å²) in [6, 6.07) is -0.644. The minimum atomic E-state index is -0.868. The molecule has 0 saturated heterocycles.